The van der Waals surface area contributed by atoms with Gasteiger partial charge in [-0.3, -0.25) is 14.6 Å². The van der Waals surface area contributed by atoms with Gasteiger partial charge >= 0.3 is 0 Å². The molecular formula is C21H18N2O3. The van der Waals surface area contributed by atoms with E-state index >= 15 is 0 Å². The highest BCUT2D eigenvalue weighted by Gasteiger charge is 2.42. The third-order valence-corrected chi connectivity index (χ3v) is 4.76. The highest BCUT2D eigenvalue weighted by molar-refractivity contribution is 5.99. The summed E-state index contributed by atoms with van der Waals surface area (Å²) >= 11 is 0. The molecular weight excluding hydrogens is 328 g/mol. The number of fused-ring (bicyclic) bond motifs is 2. The minimum atomic E-state index is -0.518. The van der Waals surface area contributed by atoms with Crippen molar-refractivity contribution in [3.05, 3.63) is 88.1 Å². The number of aromatic nitrogens is 1. The number of benzene rings is 1. The summed E-state index contributed by atoms with van der Waals surface area (Å²) in [4.78, 5) is 31.9. The van der Waals surface area contributed by atoms with Gasteiger partial charge in [0, 0.05) is 18.9 Å². The van der Waals surface area contributed by atoms with E-state index in [0.29, 0.717) is 23.1 Å². The molecule has 1 aliphatic heterocycles. The molecule has 2 aromatic heterocycles. The molecule has 0 bridgehead atoms. The number of hydrogen-bond acceptors (Lipinski definition) is 4. The van der Waals surface area contributed by atoms with Crippen LogP contribution in [0.3, 0.4) is 0 Å². The van der Waals surface area contributed by atoms with Crippen molar-refractivity contribution in [3.8, 4) is 0 Å². The van der Waals surface area contributed by atoms with Crippen molar-refractivity contribution in [2.75, 3.05) is 6.54 Å². The summed E-state index contributed by atoms with van der Waals surface area (Å²) in [6, 6.07) is 8.66. The minimum Gasteiger partial charge on any atom is -0.450 e. The average molecular weight is 346 g/mol. The zero-order valence-corrected chi connectivity index (χ0v) is 14.4. The molecule has 1 aromatic carbocycles. The van der Waals surface area contributed by atoms with Gasteiger partial charge in [0.25, 0.3) is 5.91 Å². The SMILES string of the molecule is C=CCN1C(=O)c2oc3ccc(CC)cc3c(=O)c2C1c1cccnc1. The average Bonchev–Trinajstić information content (AvgIpc) is 2.95. The Labute approximate surface area is 150 Å². The lowest BCUT2D eigenvalue weighted by Gasteiger charge is -2.23. The predicted molar refractivity (Wildman–Crippen MR) is 99.2 cm³/mol. The van der Waals surface area contributed by atoms with Gasteiger partial charge in [-0.05, 0) is 35.7 Å². The standard InChI is InChI=1S/C21H18N2O3/c1-3-10-23-18(14-6-5-9-22-12-14)17-19(24)15-11-13(4-2)7-8-16(15)26-20(17)21(23)25/h3,5-9,11-12,18H,1,4,10H2,2H3. The van der Waals surface area contributed by atoms with E-state index in [1.165, 1.54) is 0 Å². The van der Waals surface area contributed by atoms with Crippen LogP contribution < -0.4 is 5.43 Å². The zero-order valence-electron chi connectivity index (χ0n) is 14.4. The number of carbonyl (C=O) groups is 1. The second kappa shape index (κ2) is 6.26. The molecule has 0 spiro atoms. The van der Waals surface area contributed by atoms with Gasteiger partial charge in [-0.15, -0.1) is 6.58 Å². The Morgan fingerprint density at radius 3 is 2.85 bits per heavy atom. The third-order valence-electron chi connectivity index (χ3n) is 4.76. The predicted octanol–water partition coefficient (Wildman–Crippen LogP) is 3.48. The number of amides is 1. The quantitative estimate of drug-likeness (QED) is 0.679. The number of nitrogens with zero attached hydrogens (tertiary/aromatic N) is 2. The second-order valence-corrected chi connectivity index (χ2v) is 6.29. The number of aryl methyl sites for hydroxylation is 1. The van der Waals surface area contributed by atoms with Gasteiger partial charge in [0.2, 0.25) is 5.76 Å². The van der Waals surface area contributed by atoms with Crippen molar-refractivity contribution in [1.82, 2.24) is 9.88 Å². The van der Waals surface area contributed by atoms with Gasteiger partial charge in [-0.2, -0.15) is 0 Å². The van der Waals surface area contributed by atoms with Gasteiger partial charge < -0.3 is 9.32 Å². The van der Waals surface area contributed by atoms with E-state index in [1.54, 1.807) is 35.5 Å². The maximum absolute atomic E-state index is 13.3. The van der Waals surface area contributed by atoms with Crippen molar-refractivity contribution in [3.63, 3.8) is 0 Å². The largest absolute Gasteiger partial charge is 0.450 e. The molecule has 0 radical (unpaired) electrons. The molecule has 1 amide bonds. The van der Waals surface area contributed by atoms with E-state index in [0.717, 1.165) is 17.5 Å². The minimum absolute atomic E-state index is 0.113. The van der Waals surface area contributed by atoms with Crippen LogP contribution in [0.1, 0.15) is 40.2 Å². The number of pyridine rings is 1. The molecule has 26 heavy (non-hydrogen) atoms. The van der Waals surface area contributed by atoms with Crippen LogP contribution in [-0.2, 0) is 6.42 Å². The van der Waals surface area contributed by atoms with Crippen LogP contribution >= 0.6 is 0 Å². The Hall–Kier alpha value is -3.21. The first-order valence-electron chi connectivity index (χ1n) is 8.57. The fraction of sp³-hybridized carbons (Fsp3) is 0.190. The van der Waals surface area contributed by atoms with Crippen LogP contribution in [0, 0.1) is 0 Å². The maximum Gasteiger partial charge on any atom is 0.291 e. The van der Waals surface area contributed by atoms with Gasteiger partial charge in [0.1, 0.15) is 5.58 Å². The smallest absolute Gasteiger partial charge is 0.291 e. The molecule has 0 N–H and O–H groups in total. The lowest BCUT2D eigenvalue weighted by atomic mass is 9.99. The molecule has 3 heterocycles. The molecule has 1 aliphatic rings. The Kier molecular flexibility index (Phi) is 3.92. The summed E-state index contributed by atoms with van der Waals surface area (Å²) in [6.07, 6.45) is 5.80. The van der Waals surface area contributed by atoms with E-state index in [4.69, 9.17) is 4.42 Å². The molecule has 0 saturated carbocycles. The van der Waals surface area contributed by atoms with Crippen LogP contribution in [0.15, 0.2) is 64.6 Å². The molecule has 130 valence electrons. The van der Waals surface area contributed by atoms with E-state index in [9.17, 15) is 9.59 Å². The molecule has 0 fully saturated rings. The lowest BCUT2D eigenvalue weighted by Crippen LogP contribution is -2.29. The number of carbonyl (C=O) groups excluding carboxylic acids is 1. The van der Waals surface area contributed by atoms with Crippen molar-refractivity contribution in [1.29, 1.82) is 0 Å². The highest BCUT2D eigenvalue weighted by Crippen LogP contribution is 2.37. The van der Waals surface area contributed by atoms with Crippen molar-refractivity contribution < 1.29 is 9.21 Å². The summed E-state index contributed by atoms with van der Waals surface area (Å²) < 4.78 is 5.88. The normalized spacial score (nSPS) is 16.1. The zero-order chi connectivity index (χ0) is 18.3. The van der Waals surface area contributed by atoms with Gasteiger partial charge in [-0.1, -0.05) is 25.1 Å². The number of hydrogen-bond donors (Lipinski definition) is 0. The molecule has 1 unspecified atom stereocenters. The monoisotopic (exact) mass is 346 g/mol. The van der Waals surface area contributed by atoms with E-state index in [1.807, 2.05) is 25.1 Å². The summed E-state index contributed by atoms with van der Waals surface area (Å²) in [7, 11) is 0. The van der Waals surface area contributed by atoms with Crippen LogP contribution in [0.25, 0.3) is 11.0 Å². The van der Waals surface area contributed by atoms with E-state index in [-0.39, 0.29) is 17.1 Å². The van der Waals surface area contributed by atoms with Crippen LogP contribution in [0.2, 0.25) is 0 Å². The topological polar surface area (TPSA) is 63.4 Å². The van der Waals surface area contributed by atoms with Gasteiger partial charge in [0.15, 0.2) is 5.43 Å². The van der Waals surface area contributed by atoms with Gasteiger partial charge in [-0.25, -0.2) is 0 Å². The van der Waals surface area contributed by atoms with Crippen molar-refractivity contribution >= 4 is 16.9 Å². The molecule has 5 heteroatoms. The highest BCUT2D eigenvalue weighted by atomic mass is 16.3. The molecule has 1 atom stereocenters. The summed E-state index contributed by atoms with van der Waals surface area (Å²) in [5.74, 6) is -0.185. The summed E-state index contributed by atoms with van der Waals surface area (Å²) in [5, 5.41) is 0.505. The molecule has 5 nitrogen and oxygen atoms in total. The first-order valence-corrected chi connectivity index (χ1v) is 8.57. The van der Waals surface area contributed by atoms with Crippen LogP contribution in [0.4, 0.5) is 0 Å². The van der Waals surface area contributed by atoms with Crippen molar-refractivity contribution in [2.45, 2.75) is 19.4 Å². The number of rotatable bonds is 4. The molecule has 0 saturated heterocycles. The van der Waals surface area contributed by atoms with Crippen molar-refractivity contribution in [2.24, 2.45) is 0 Å². The Morgan fingerprint density at radius 1 is 1.31 bits per heavy atom. The first kappa shape index (κ1) is 16.3. The third kappa shape index (κ3) is 2.36. The first-order chi connectivity index (χ1) is 12.7. The Bertz CT molecular complexity index is 1070. The maximum atomic E-state index is 13.3. The van der Waals surface area contributed by atoms with Gasteiger partial charge in [0.05, 0.1) is 17.0 Å². The fourth-order valence-electron chi connectivity index (χ4n) is 3.50. The van der Waals surface area contributed by atoms with Crippen LogP contribution in [0.5, 0.6) is 0 Å². The summed E-state index contributed by atoms with van der Waals surface area (Å²) in [5.41, 5.74) is 2.48. The van der Waals surface area contributed by atoms with E-state index < -0.39 is 6.04 Å². The Morgan fingerprint density at radius 2 is 2.15 bits per heavy atom. The van der Waals surface area contributed by atoms with Crippen LogP contribution in [-0.4, -0.2) is 22.3 Å². The molecule has 4 rings (SSSR count). The van der Waals surface area contributed by atoms with E-state index in [2.05, 4.69) is 11.6 Å². The fourth-order valence-corrected chi connectivity index (χ4v) is 3.50. The second-order valence-electron chi connectivity index (χ2n) is 6.29. The molecule has 0 aliphatic carbocycles. The Balaban J connectivity index is 2.02. The summed E-state index contributed by atoms with van der Waals surface area (Å²) in [6.45, 7) is 6.08. The molecule has 3 aromatic rings. The lowest BCUT2D eigenvalue weighted by molar-refractivity contribution is 0.0748.